The van der Waals surface area contributed by atoms with Gasteiger partial charge in [0.05, 0.1) is 13.0 Å². The van der Waals surface area contributed by atoms with E-state index in [1.165, 1.54) is 0 Å². The molecule has 1 aliphatic heterocycles. The lowest BCUT2D eigenvalue weighted by Crippen LogP contribution is -2.46. The first kappa shape index (κ1) is 16.3. The smallest absolute Gasteiger partial charge is 0.248 e. The van der Waals surface area contributed by atoms with Gasteiger partial charge in [-0.15, -0.1) is 0 Å². The highest BCUT2D eigenvalue weighted by Crippen LogP contribution is 2.13. The highest BCUT2D eigenvalue weighted by atomic mass is 16.5. The Morgan fingerprint density at radius 1 is 1.45 bits per heavy atom. The Morgan fingerprint density at radius 2 is 2.27 bits per heavy atom. The minimum Gasteiger partial charge on any atom is -0.493 e. The van der Waals surface area contributed by atoms with Crippen molar-refractivity contribution in [1.82, 2.24) is 10.6 Å². The zero-order valence-corrected chi connectivity index (χ0v) is 12.8. The number of rotatable bonds is 6. The largest absolute Gasteiger partial charge is 0.493 e. The number of carbonyl (C=O) groups is 2. The van der Waals surface area contributed by atoms with Crippen LogP contribution in [0.4, 0.5) is 0 Å². The molecule has 1 aromatic carbocycles. The second kappa shape index (κ2) is 7.79. The molecule has 4 N–H and O–H groups in total. The van der Waals surface area contributed by atoms with Gasteiger partial charge < -0.3 is 21.1 Å². The third-order valence-corrected chi connectivity index (χ3v) is 3.71. The molecule has 2 rings (SSSR count). The Kier molecular flexibility index (Phi) is 5.77. The van der Waals surface area contributed by atoms with E-state index in [1.807, 2.05) is 0 Å². The number of primary amides is 1. The average Bonchev–Trinajstić information content (AvgIpc) is 2.47. The third-order valence-electron chi connectivity index (χ3n) is 3.71. The number of ether oxygens (including phenoxy) is 1. The van der Waals surface area contributed by atoms with Crippen molar-refractivity contribution < 1.29 is 14.3 Å². The van der Waals surface area contributed by atoms with Gasteiger partial charge in [0.1, 0.15) is 5.75 Å². The Labute approximate surface area is 130 Å². The molecule has 2 atom stereocenters. The molecule has 0 radical (unpaired) electrons. The zero-order valence-electron chi connectivity index (χ0n) is 12.8. The van der Waals surface area contributed by atoms with E-state index in [0.29, 0.717) is 23.8 Å². The van der Waals surface area contributed by atoms with Gasteiger partial charge >= 0.3 is 0 Å². The summed E-state index contributed by atoms with van der Waals surface area (Å²) in [6, 6.07) is 7.31. The van der Waals surface area contributed by atoms with E-state index in [-0.39, 0.29) is 18.6 Å². The minimum atomic E-state index is -0.497. The van der Waals surface area contributed by atoms with Crippen LogP contribution in [0.15, 0.2) is 24.3 Å². The summed E-state index contributed by atoms with van der Waals surface area (Å²) < 4.78 is 5.50. The summed E-state index contributed by atoms with van der Waals surface area (Å²) in [6.45, 7) is 3.32. The average molecular weight is 305 g/mol. The monoisotopic (exact) mass is 305 g/mol. The molecule has 0 aromatic heterocycles. The molecule has 120 valence electrons. The van der Waals surface area contributed by atoms with Gasteiger partial charge in [-0.3, -0.25) is 9.59 Å². The van der Waals surface area contributed by atoms with E-state index in [2.05, 4.69) is 17.6 Å². The number of hydrogen-bond acceptors (Lipinski definition) is 4. The van der Waals surface area contributed by atoms with Crippen molar-refractivity contribution in [3.8, 4) is 5.75 Å². The molecule has 22 heavy (non-hydrogen) atoms. The van der Waals surface area contributed by atoms with Crippen LogP contribution in [0, 0.1) is 0 Å². The maximum Gasteiger partial charge on any atom is 0.248 e. The first-order chi connectivity index (χ1) is 10.5. The van der Waals surface area contributed by atoms with Gasteiger partial charge in [0.2, 0.25) is 11.8 Å². The minimum absolute atomic E-state index is 0.00911. The molecular formula is C16H23N3O3. The molecule has 0 aliphatic carbocycles. The van der Waals surface area contributed by atoms with Gasteiger partial charge in [0.25, 0.3) is 0 Å². The summed E-state index contributed by atoms with van der Waals surface area (Å²) in [4.78, 5) is 23.0. The maximum atomic E-state index is 11.9. The molecule has 1 saturated heterocycles. The second-order valence-corrected chi connectivity index (χ2v) is 5.63. The lowest BCUT2D eigenvalue weighted by molar-refractivity contribution is -0.122. The molecule has 2 unspecified atom stereocenters. The van der Waals surface area contributed by atoms with Crippen LogP contribution < -0.4 is 21.1 Å². The van der Waals surface area contributed by atoms with Crippen molar-refractivity contribution in [2.75, 3.05) is 13.2 Å². The Morgan fingerprint density at radius 3 is 3.00 bits per heavy atom. The van der Waals surface area contributed by atoms with Gasteiger partial charge in [0.15, 0.2) is 0 Å². The van der Waals surface area contributed by atoms with Crippen molar-refractivity contribution in [3.05, 3.63) is 29.8 Å². The van der Waals surface area contributed by atoms with Crippen LogP contribution in [0.3, 0.4) is 0 Å². The molecule has 6 nitrogen and oxygen atoms in total. The molecule has 1 heterocycles. The Balaban J connectivity index is 1.72. The van der Waals surface area contributed by atoms with Crippen LogP contribution in [-0.2, 0) is 4.79 Å². The summed E-state index contributed by atoms with van der Waals surface area (Å²) in [5, 5.41) is 6.38. The standard InChI is InChI=1S/C16H23N3O3/c1-11-9-13(5-7-18-11)19-15(20)6-8-22-14-4-2-3-12(10-14)16(17)21/h2-4,10-11,13,18H,5-9H2,1H3,(H2,17,21)(H,19,20). The fourth-order valence-corrected chi connectivity index (χ4v) is 2.56. The van der Waals surface area contributed by atoms with Crippen molar-refractivity contribution >= 4 is 11.8 Å². The molecule has 0 bridgehead atoms. The number of piperidine rings is 1. The summed E-state index contributed by atoms with van der Waals surface area (Å²) in [5.74, 6) is 0.0352. The van der Waals surface area contributed by atoms with Gasteiger partial charge in [0, 0.05) is 17.6 Å². The fraction of sp³-hybridized carbons (Fsp3) is 0.500. The predicted octanol–water partition coefficient (Wildman–Crippen LogP) is 0.811. The van der Waals surface area contributed by atoms with Crippen LogP contribution in [0.5, 0.6) is 5.75 Å². The van der Waals surface area contributed by atoms with E-state index < -0.39 is 5.91 Å². The topological polar surface area (TPSA) is 93.4 Å². The van der Waals surface area contributed by atoms with Gasteiger partial charge in [-0.1, -0.05) is 6.07 Å². The maximum absolute atomic E-state index is 11.9. The van der Waals surface area contributed by atoms with Crippen LogP contribution in [0.25, 0.3) is 0 Å². The number of carbonyl (C=O) groups excluding carboxylic acids is 2. The molecule has 6 heteroatoms. The van der Waals surface area contributed by atoms with E-state index in [9.17, 15) is 9.59 Å². The number of benzene rings is 1. The SMILES string of the molecule is CC1CC(NC(=O)CCOc2cccc(C(N)=O)c2)CCN1. The summed E-state index contributed by atoms with van der Waals surface area (Å²) in [6.07, 6.45) is 2.20. The molecular weight excluding hydrogens is 282 g/mol. The molecule has 0 saturated carbocycles. The van der Waals surface area contributed by atoms with Crippen LogP contribution in [0.2, 0.25) is 0 Å². The number of hydrogen-bond donors (Lipinski definition) is 3. The quantitative estimate of drug-likeness (QED) is 0.725. The highest BCUT2D eigenvalue weighted by Gasteiger charge is 2.19. The number of amides is 2. The zero-order chi connectivity index (χ0) is 15.9. The Hall–Kier alpha value is -2.08. The number of nitrogens with two attached hydrogens (primary N) is 1. The molecule has 1 aromatic rings. The Bertz CT molecular complexity index is 533. The normalized spacial score (nSPS) is 21.1. The van der Waals surface area contributed by atoms with Crippen LogP contribution in [-0.4, -0.2) is 37.0 Å². The van der Waals surface area contributed by atoms with Crippen molar-refractivity contribution in [2.24, 2.45) is 5.73 Å². The lowest BCUT2D eigenvalue weighted by Gasteiger charge is -2.28. The van der Waals surface area contributed by atoms with Crippen molar-refractivity contribution in [2.45, 2.75) is 38.3 Å². The summed E-state index contributed by atoms with van der Waals surface area (Å²) >= 11 is 0. The summed E-state index contributed by atoms with van der Waals surface area (Å²) in [7, 11) is 0. The molecule has 0 spiro atoms. The van der Waals surface area contributed by atoms with Crippen molar-refractivity contribution in [3.63, 3.8) is 0 Å². The fourth-order valence-electron chi connectivity index (χ4n) is 2.56. The second-order valence-electron chi connectivity index (χ2n) is 5.63. The molecule has 2 amide bonds. The van der Waals surface area contributed by atoms with Gasteiger partial charge in [-0.2, -0.15) is 0 Å². The molecule has 1 fully saturated rings. The van der Waals surface area contributed by atoms with Crippen LogP contribution in [0.1, 0.15) is 36.5 Å². The first-order valence-electron chi connectivity index (χ1n) is 7.60. The number of nitrogens with one attached hydrogen (secondary N) is 2. The first-order valence-corrected chi connectivity index (χ1v) is 7.60. The van der Waals surface area contributed by atoms with E-state index >= 15 is 0 Å². The van der Waals surface area contributed by atoms with E-state index in [4.69, 9.17) is 10.5 Å². The van der Waals surface area contributed by atoms with E-state index in [0.717, 1.165) is 19.4 Å². The third kappa shape index (κ3) is 5.04. The predicted molar refractivity (Wildman–Crippen MR) is 83.7 cm³/mol. The van der Waals surface area contributed by atoms with Crippen molar-refractivity contribution in [1.29, 1.82) is 0 Å². The summed E-state index contributed by atoms with van der Waals surface area (Å²) in [5.41, 5.74) is 5.61. The van der Waals surface area contributed by atoms with E-state index in [1.54, 1.807) is 24.3 Å². The lowest BCUT2D eigenvalue weighted by atomic mass is 10.0. The molecule has 1 aliphatic rings. The van der Waals surface area contributed by atoms with Crippen LogP contribution >= 0.6 is 0 Å². The highest BCUT2D eigenvalue weighted by molar-refractivity contribution is 5.93. The van der Waals surface area contributed by atoms with Gasteiger partial charge in [-0.25, -0.2) is 0 Å². The van der Waals surface area contributed by atoms with Gasteiger partial charge in [-0.05, 0) is 44.5 Å².